The molecule has 0 aromatic carbocycles. The average molecular weight is 244 g/mol. The van der Waals surface area contributed by atoms with Crippen LogP contribution in [-0.2, 0) is 4.79 Å². The number of amides is 1. The zero-order chi connectivity index (χ0) is 11.9. The van der Waals surface area contributed by atoms with Gasteiger partial charge in [-0.2, -0.15) is 0 Å². The van der Waals surface area contributed by atoms with Crippen molar-refractivity contribution in [1.82, 2.24) is 9.21 Å². The quantitative estimate of drug-likeness (QED) is 0.747. The maximum atomic E-state index is 11.4. The fraction of sp³-hybridized carbons (Fsp3) is 0.917. The molecule has 3 atom stereocenters. The van der Waals surface area contributed by atoms with Crippen molar-refractivity contribution in [3.8, 4) is 0 Å². The van der Waals surface area contributed by atoms with E-state index in [-0.39, 0.29) is 17.0 Å². The molecule has 2 aliphatic rings. The van der Waals surface area contributed by atoms with E-state index in [1.165, 1.54) is 25.7 Å². The highest BCUT2D eigenvalue weighted by atomic mass is 32.2. The molecule has 3 nitrogen and oxygen atoms in total. The number of rotatable bonds is 2. The van der Waals surface area contributed by atoms with E-state index in [1.807, 2.05) is 11.9 Å². The fourth-order valence-electron chi connectivity index (χ4n) is 3.35. The number of carbonyl (C=O) groups is 1. The fourth-order valence-corrected chi connectivity index (χ4v) is 5.08. The Morgan fingerprint density at radius 1 is 1.25 bits per heavy atom. The maximum absolute atomic E-state index is 11.4. The average Bonchev–Trinajstić information content (AvgIpc) is 2.49. The zero-order valence-corrected chi connectivity index (χ0v) is 11.7. The van der Waals surface area contributed by atoms with Gasteiger partial charge in [-0.3, -0.25) is 9.10 Å². The van der Waals surface area contributed by atoms with Crippen LogP contribution in [0.15, 0.2) is 0 Å². The van der Waals surface area contributed by atoms with Crippen molar-refractivity contribution in [2.45, 2.75) is 50.7 Å². The molecule has 2 bridgehead atoms. The van der Waals surface area contributed by atoms with Gasteiger partial charge >= 0.3 is 0 Å². The lowest BCUT2D eigenvalue weighted by Gasteiger charge is -2.45. The highest BCUT2D eigenvalue weighted by molar-refractivity contribution is 8.13. The highest BCUT2D eigenvalue weighted by Gasteiger charge is 2.42. The van der Waals surface area contributed by atoms with Crippen molar-refractivity contribution >= 4 is 17.0 Å². The molecule has 16 heavy (non-hydrogen) atoms. The van der Waals surface area contributed by atoms with Gasteiger partial charge in [-0.25, -0.2) is 11.1 Å². The minimum absolute atomic E-state index is 0.0414. The molecule has 94 valence electrons. The van der Waals surface area contributed by atoms with E-state index in [0.717, 1.165) is 12.1 Å². The smallest absolute Gasteiger partial charge is 0.219 e. The number of hydrogen-bond acceptors (Lipinski definition) is 2. The molecular weight excluding hydrogens is 220 g/mol. The predicted molar refractivity (Wildman–Crippen MR) is 70.9 cm³/mol. The van der Waals surface area contributed by atoms with Crippen LogP contribution in [0, 0.1) is 0 Å². The first-order valence-electron chi connectivity index (χ1n) is 6.19. The second-order valence-corrected chi connectivity index (χ2v) is 7.52. The summed E-state index contributed by atoms with van der Waals surface area (Å²) >= 11 is 0.0414. The molecule has 0 aliphatic carbocycles. The Morgan fingerprint density at radius 2 is 1.75 bits per heavy atom. The van der Waals surface area contributed by atoms with Crippen LogP contribution in [0.3, 0.4) is 0 Å². The highest BCUT2D eigenvalue weighted by Crippen LogP contribution is 2.44. The van der Waals surface area contributed by atoms with Gasteiger partial charge in [-0.1, -0.05) is 0 Å². The molecule has 0 spiro atoms. The molecule has 4 heteroatoms. The predicted octanol–water partition coefficient (Wildman–Crippen LogP) is 1.64. The first-order valence-corrected chi connectivity index (χ1v) is 8.38. The number of carbonyl (C=O) groups excluding carboxylic acids is 1. The first-order chi connectivity index (χ1) is 7.50. The summed E-state index contributed by atoms with van der Waals surface area (Å²) in [6.07, 6.45) is 9.77. The third-order valence-electron chi connectivity index (χ3n) is 4.18. The molecule has 2 saturated heterocycles. The standard InChI is InChI=1S/C12H24N2OS/c1-9(15)13(2)12-7-10-5-6-11(8-12)14(10)16(3)4/h10-12,16H,5-8H2,1-4H3/t10-,11+,12?. The Hall–Kier alpha value is -0.220. The van der Waals surface area contributed by atoms with Crippen LogP contribution in [0.5, 0.6) is 0 Å². The normalized spacial score (nSPS) is 35.0. The van der Waals surface area contributed by atoms with Crippen molar-refractivity contribution in [3.63, 3.8) is 0 Å². The molecule has 2 fully saturated rings. The molecule has 2 heterocycles. The van der Waals surface area contributed by atoms with Gasteiger partial charge < -0.3 is 4.90 Å². The summed E-state index contributed by atoms with van der Waals surface area (Å²) in [6.45, 7) is 1.68. The van der Waals surface area contributed by atoms with E-state index in [0.29, 0.717) is 6.04 Å². The number of hydrogen-bond donors (Lipinski definition) is 1. The van der Waals surface area contributed by atoms with Gasteiger partial charge in [-0.05, 0) is 38.2 Å². The molecule has 0 aromatic rings. The van der Waals surface area contributed by atoms with Crippen molar-refractivity contribution in [3.05, 3.63) is 0 Å². The maximum Gasteiger partial charge on any atom is 0.219 e. The van der Waals surface area contributed by atoms with Crippen molar-refractivity contribution in [1.29, 1.82) is 0 Å². The van der Waals surface area contributed by atoms with Crippen LogP contribution >= 0.6 is 11.1 Å². The Morgan fingerprint density at radius 3 is 2.12 bits per heavy atom. The zero-order valence-electron chi connectivity index (χ0n) is 10.8. The van der Waals surface area contributed by atoms with Crippen LogP contribution in [0.2, 0.25) is 0 Å². The minimum atomic E-state index is 0.0414. The Balaban J connectivity index is 2.04. The Kier molecular flexibility index (Phi) is 3.50. The van der Waals surface area contributed by atoms with Crippen LogP contribution in [0.1, 0.15) is 32.6 Å². The van der Waals surface area contributed by atoms with E-state index in [4.69, 9.17) is 0 Å². The summed E-state index contributed by atoms with van der Waals surface area (Å²) in [5.41, 5.74) is 0. The molecule has 1 amide bonds. The molecule has 0 aromatic heterocycles. The summed E-state index contributed by atoms with van der Waals surface area (Å²) in [6, 6.07) is 1.97. The molecule has 0 N–H and O–H groups in total. The monoisotopic (exact) mass is 244 g/mol. The van der Waals surface area contributed by atoms with Gasteiger partial charge in [0.25, 0.3) is 0 Å². The number of nitrogens with zero attached hydrogens (tertiary/aromatic N) is 2. The second-order valence-electron chi connectivity index (χ2n) is 5.37. The number of piperidine rings is 1. The first kappa shape index (κ1) is 12.2. The van der Waals surface area contributed by atoms with E-state index in [2.05, 4.69) is 16.8 Å². The molecule has 0 saturated carbocycles. The van der Waals surface area contributed by atoms with Crippen molar-refractivity contribution < 1.29 is 4.79 Å². The van der Waals surface area contributed by atoms with Gasteiger partial charge in [0.15, 0.2) is 0 Å². The van der Waals surface area contributed by atoms with Crippen molar-refractivity contribution in [2.24, 2.45) is 0 Å². The van der Waals surface area contributed by atoms with Crippen LogP contribution < -0.4 is 0 Å². The summed E-state index contributed by atoms with van der Waals surface area (Å²) in [4.78, 5) is 13.4. The molecular formula is C12H24N2OS. The van der Waals surface area contributed by atoms with Crippen molar-refractivity contribution in [2.75, 3.05) is 19.6 Å². The summed E-state index contributed by atoms with van der Waals surface area (Å²) in [7, 11) is 1.96. The van der Waals surface area contributed by atoms with E-state index in [1.54, 1.807) is 6.92 Å². The van der Waals surface area contributed by atoms with Gasteiger partial charge in [-0.15, -0.1) is 0 Å². The largest absolute Gasteiger partial charge is 0.343 e. The van der Waals surface area contributed by atoms with Crippen LogP contribution in [0.25, 0.3) is 0 Å². The van der Waals surface area contributed by atoms with E-state index < -0.39 is 0 Å². The summed E-state index contributed by atoms with van der Waals surface area (Å²) < 4.78 is 2.74. The minimum Gasteiger partial charge on any atom is -0.343 e. The number of thiol groups is 1. The SMILES string of the molecule is CC(=O)N(C)C1C[C@H]2CC[C@@H](C1)N2[SH](C)C. The third kappa shape index (κ3) is 2.09. The Labute approximate surface area is 102 Å². The van der Waals surface area contributed by atoms with Crippen LogP contribution in [-0.4, -0.2) is 52.8 Å². The molecule has 1 unspecified atom stereocenters. The Bertz CT molecular complexity index is 268. The molecule has 2 rings (SSSR count). The second kappa shape index (κ2) is 4.57. The third-order valence-corrected chi connectivity index (χ3v) is 5.75. The van der Waals surface area contributed by atoms with Gasteiger partial charge in [0.2, 0.25) is 5.91 Å². The lowest BCUT2D eigenvalue weighted by atomic mass is 9.98. The molecule has 0 radical (unpaired) electrons. The lowest BCUT2D eigenvalue weighted by Crippen LogP contribution is -2.49. The number of fused-ring (bicyclic) bond motifs is 2. The molecule has 2 aliphatic heterocycles. The summed E-state index contributed by atoms with van der Waals surface area (Å²) in [5.74, 6) is 0.216. The topological polar surface area (TPSA) is 23.6 Å². The van der Waals surface area contributed by atoms with E-state index >= 15 is 0 Å². The van der Waals surface area contributed by atoms with Gasteiger partial charge in [0.1, 0.15) is 0 Å². The van der Waals surface area contributed by atoms with Crippen LogP contribution in [0.4, 0.5) is 0 Å². The van der Waals surface area contributed by atoms with Gasteiger partial charge in [0, 0.05) is 32.1 Å². The van der Waals surface area contributed by atoms with E-state index in [9.17, 15) is 4.79 Å². The lowest BCUT2D eigenvalue weighted by molar-refractivity contribution is -0.130. The van der Waals surface area contributed by atoms with Gasteiger partial charge in [0.05, 0.1) is 0 Å². The summed E-state index contributed by atoms with van der Waals surface area (Å²) in [5, 5.41) is 0.